The largest absolute Gasteiger partial charge is 2.00 e. The van der Waals surface area contributed by atoms with Crippen molar-refractivity contribution in [3.05, 3.63) is 0 Å². The summed E-state index contributed by atoms with van der Waals surface area (Å²) in [5.74, 6) is -0.359. The van der Waals surface area contributed by atoms with Gasteiger partial charge in [0, 0.05) is 11.9 Å². The van der Waals surface area contributed by atoms with E-state index in [1.54, 1.807) is 0 Å². The van der Waals surface area contributed by atoms with E-state index < -0.39 is 11.9 Å². The van der Waals surface area contributed by atoms with Gasteiger partial charge in [-0.25, -0.2) is 0 Å². The van der Waals surface area contributed by atoms with Crippen LogP contribution in [0.3, 0.4) is 0 Å². The van der Waals surface area contributed by atoms with Crippen LogP contribution in [-0.2, 0) is 9.59 Å². The van der Waals surface area contributed by atoms with Gasteiger partial charge in [-0.15, -0.1) is 0 Å². The molecular weight excluding hydrogens is 368 g/mol. The van der Waals surface area contributed by atoms with Crippen molar-refractivity contribution in [1.29, 1.82) is 0 Å². The maximum absolute atomic E-state index is 10.2. The molecule has 0 spiro atoms. The van der Waals surface area contributed by atoms with Crippen LogP contribution in [0.25, 0.3) is 0 Å². The van der Waals surface area contributed by atoms with Gasteiger partial charge < -0.3 is 19.8 Å². The second-order valence-corrected chi connectivity index (χ2v) is 7.42. The van der Waals surface area contributed by atoms with Gasteiger partial charge in [-0.3, -0.25) is 0 Å². The zero-order valence-electron chi connectivity index (χ0n) is 18.4. The zero-order valence-corrected chi connectivity index (χ0v) is 20.6. The Bertz CT molecular complexity index is 290. The third-order valence-electron chi connectivity index (χ3n) is 4.77. The molecule has 4 nitrogen and oxygen atoms in total. The number of carboxylic acid groups (broad SMARTS) is 2. The average molecular weight is 411 g/mol. The van der Waals surface area contributed by atoms with Crippen molar-refractivity contribution in [3.8, 4) is 0 Å². The van der Waals surface area contributed by atoms with E-state index in [2.05, 4.69) is 27.7 Å². The topological polar surface area (TPSA) is 80.3 Å². The molecule has 0 saturated carbocycles. The van der Waals surface area contributed by atoms with Crippen LogP contribution in [0.15, 0.2) is 0 Å². The van der Waals surface area contributed by atoms with Crippen LogP contribution in [0, 0.1) is 11.8 Å². The number of rotatable bonds is 16. The molecule has 0 N–H and O–H groups in total. The van der Waals surface area contributed by atoms with Crippen LogP contribution in [0.5, 0.6) is 0 Å². The summed E-state index contributed by atoms with van der Waals surface area (Å²) >= 11 is 0. The Labute approximate surface area is 197 Å². The van der Waals surface area contributed by atoms with Gasteiger partial charge in [0.05, 0.1) is 0 Å². The van der Waals surface area contributed by atoms with Crippen molar-refractivity contribution < 1.29 is 19.8 Å². The summed E-state index contributed by atoms with van der Waals surface area (Å²) in [6.45, 7) is 8.73. The summed E-state index contributed by atoms with van der Waals surface area (Å²) in [6, 6.07) is 0. The second-order valence-electron chi connectivity index (χ2n) is 7.42. The van der Waals surface area contributed by atoms with Gasteiger partial charge in [-0.1, -0.05) is 91.9 Å². The average Bonchev–Trinajstić information content (AvgIpc) is 2.55. The molecule has 0 saturated heterocycles. The summed E-state index contributed by atoms with van der Waals surface area (Å²) in [5, 5.41) is 20.4. The molecule has 5 heteroatoms. The van der Waals surface area contributed by atoms with Crippen LogP contribution in [0.2, 0.25) is 0 Å². The zero-order chi connectivity index (χ0) is 20.2. The first-order chi connectivity index (χ1) is 12.4. The van der Waals surface area contributed by atoms with Gasteiger partial charge in [0.2, 0.25) is 0 Å². The molecule has 0 rings (SSSR count). The molecule has 0 heterocycles. The predicted octanol–water partition coefficient (Wildman–Crippen LogP) is 3.87. The smallest absolute Gasteiger partial charge is 0.550 e. The number of carbonyl (C=O) groups excluding carboxylic acids is 2. The Morgan fingerprint density at radius 1 is 0.593 bits per heavy atom. The summed E-state index contributed by atoms with van der Waals surface area (Å²) in [7, 11) is 0. The molecule has 0 amide bonds. The molecule has 0 atom stereocenters. The molecule has 0 unspecified atom stereocenters. The van der Waals surface area contributed by atoms with Gasteiger partial charge in [-0.05, 0) is 37.5 Å². The van der Waals surface area contributed by atoms with E-state index in [0.717, 1.165) is 37.5 Å². The third kappa shape index (κ3) is 26.2. The number of carboxylic acids is 2. The van der Waals surface area contributed by atoms with Crippen molar-refractivity contribution in [1.82, 2.24) is 0 Å². The Kier molecular flexibility index (Phi) is 28.6. The van der Waals surface area contributed by atoms with E-state index in [1.165, 1.54) is 51.4 Å². The standard InChI is InChI=1S/2C11H22O2.Ca/c2*1-3-6-10(7-4-2)8-5-9-11(12)13;/h2*10H,3-9H2,1-2H3,(H,12,13);/q;;+2/p-2. The van der Waals surface area contributed by atoms with Crippen molar-refractivity contribution in [2.24, 2.45) is 11.8 Å². The minimum Gasteiger partial charge on any atom is -0.550 e. The third-order valence-corrected chi connectivity index (χ3v) is 4.77. The summed E-state index contributed by atoms with van der Waals surface area (Å²) in [5.41, 5.74) is 0. The van der Waals surface area contributed by atoms with Crippen LogP contribution in [0.4, 0.5) is 0 Å². The summed E-state index contributed by atoms with van der Waals surface area (Å²) in [4.78, 5) is 20.4. The minimum atomic E-state index is -0.910. The van der Waals surface area contributed by atoms with Gasteiger partial charge in [0.1, 0.15) is 0 Å². The fraction of sp³-hybridized carbons (Fsp3) is 0.909. The summed E-state index contributed by atoms with van der Waals surface area (Å²) in [6.07, 6.45) is 13.9. The van der Waals surface area contributed by atoms with E-state index >= 15 is 0 Å². The van der Waals surface area contributed by atoms with Crippen LogP contribution >= 0.6 is 0 Å². The Balaban J connectivity index is -0.000000411. The fourth-order valence-electron chi connectivity index (χ4n) is 3.57. The molecule has 0 aromatic rings. The molecule has 27 heavy (non-hydrogen) atoms. The molecule has 156 valence electrons. The molecule has 0 aromatic carbocycles. The SMILES string of the molecule is CCCC(CCC)CCCC(=O)[O-].CCCC(CCC)CCCC(=O)[O-].[Ca+2]. The number of hydrogen-bond acceptors (Lipinski definition) is 4. The Morgan fingerprint density at radius 3 is 1.04 bits per heavy atom. The Hall–Kier alpha value is 0.200. The fourth-order valence-corrected chi connectivity index (χ4v) is 3.57. The van der Waals surface area contributed by atoms with Gasteiger partial charge in [0.25, 0.3) is 0 Å². The molecule has 0 fully saturated rings. The molecule has 0 aliphatic heterocycles. The molecule has 0 aliphatic carbocycles. The molecular formula is C22H42CaO4. The first kappa shape index (κ1) is 31.9. The van der Waals surface area contributed by atoms with E-state index in [1.807, 2.05) is 0 Å². The number of carbonyl (C=O) groups is 2. The van der Waals surface area contributed by atoms with Crippen molar-refractivity contribution in [2.75, 3.05) is 0 Å². The van der Waals surface area contributed by atoms with E-state index in [9.17, 15) is 19.8 Å². The minimum absolute atomic E-state index is 0. The summed E-state index contributed by atoms with van der Waals surface area (Å²) < 4.78 is 0. The number of hydrogen-bond donors (Lipinski definition) is 0. The first-order valence-electron chi connectivity index (χ1n) is 10.8. The second kappa shape index (κ2) is 24.2. The van der Waals surface area contributed by atoms with Gasteiger partial charge in [-0.2, -0.15) is 0 Å². The molecule has 0 aliphatic rings. The van der Waals surface area contributed by atoms with E-state index in [4.69, 9.17) is 0 Å². The van der Waals surface area contributed by atoms with Crippen LogP contribution in [-0.4, -0.2) is 49.7 Å². The number of aliphatic carboxylic acids is 2. The quantitative estimate of drug-likeness (QED) is 0.362. The van der Waals surface area contributed by atoms with Gasteiger partial charge in [0.15, 0.2) is 0 Å². The molecule has 0 radical (unpaired) electrons. The van der Waals surface area contributed by atoms with E-state index in [0.29, 0.717) is 0 Å². The van der Waals surface area contributed by atoms with Crippen molar-refractivity contribution >= 4 is 49.7 Å². The maximum Gasteiger partial charge on any atom is 2.00 e. The van der Waals surface area contributed by atoms with Gasteiger partial charge >= 0.3 is 37.7 Å². The maximum atomic E-state index is 10.2. The van der Waals surface area contributed by atoms with E-state index in [-0.39, 0.29) is 50.6 Å². The van der Waals surface area contributed by atoms with Crippen LogP contribution in [0.1, 0.15) is 118 Å². The van der Waals surface area contributed by atoms with Crippen LogP contribution < -0.4 is 10.2 Å². The monoisotopic (exact) mass is 410 g/mol. The Morgan fingerprint density at radius 2 is 0.852 bits per heavy atom. The first-order valence-corrected chi connectivity index (χ1v) is 10.8. The van der Waals surface area contributed by atoms with Crippen molar-refractivity contribution in [3.63, 3.8) is 0 Å². The normalized spacial score (nSPS) is 10.3. The molecule has 0 bridgehead atoms. The van der Waals surface area contributed by atoms with Crippen molar-refractivity contribution in [2.45, 2.75) is 118 Å². The predicted molar refractivity (Wildman–Crippen MR) is 110 cm³/mol. The molecule has 0 aromatic heterocycles.